The van der Waals surface area contributed by atoms with Crippen LogP contribution in [0.3, 0.4) is 0 Å². The molecule has 0 spiro atoms. The predicted molar refractivity (Wildman–Crippen MR) is 91.9 cm³/mol. The Morgan fingerprint density at radius 1 is 1.08 bits per heavy atom. The first-order valence-electron chi connectivity index (χ1n) is 7.38. The van der Waals surface area contributed by atoms with Gasteiger partial charge in [-0.2, -0.15) is 0 Å². The normalized spacial score (nSPS) is 12.8. The minimum absolute atomic E-state index is 0.0556. The average Bonchev–Trinajstić information content (AvgIpc) is 2.84. The Bertz CT molecular complexity index is 904. The maximum Gasteiger partial charge on any atom is 0.251 e. The molecule has 0 atom stereocenters. The van der Waals surface area contributed by atoms with E-state index in [9.17, 15) is 22.0 Å². The van der Waals surface area contributed by atoms with Gasteiger partial charge < -0.3 is 5.32 Å². The SMILES string of the molecule is Cc1c(F)cc(NS(C)(=O)=O)cc1F.Cc1ccc2c(c1)CNC2=O. The summed E-state index contributed by atoms with van der Waals surface area (Å²) in [5, 5.41) is 2.77. The Morgan fingerprint density at radius 3 is 2.24 bits per heavy atom. The number of fused-ring (bicyclic) bond motifs is 1. The van der Waals surface area contributed by atoms with Gasteiger partial charge in [-0.05, 0) is 37.6 Å². The summed E-state index contributed by atoms with van der Waals surface area (Å²) in [6.45, 7) is 3.99. The maximum absolute atomic E-state index is 12.9. The van der Waals surface area contributed by atoms with Crippen molar-refractivity contribution >= 4 is 21.6 Å². The predicted octanol–water partition coefficient (Wildman–Crippen LogP) is 2.88. The second-order valence-electron chi connectivity index (χ2n) is 5.78. The molecule has 2 aromatic rings. The molecule has 0 radical (unpaired) electrons. The highest BCUT2D eigenvalue weighted by Gasteiger charge is 2.17. The lowest BCUT2D eigenvalue weighted by atomic mass is 10.1. The molecule has 2 aromatic carbocycles. The molecular weight excluding hydrogens is 350 g/mol. The van der Waals surface area contributed by atoms with Gasteiger partial charge in [0, 0.05) is 17.7 Å². The summed E-state index contributed by atoms with van der Waals surface area (Å²) >= 11 is 0. The molecule has 0 unspecified atom stereocenters. The fourth-order valence-electron chi connectivity index (χ4n) is 2.28. The molecule has 1 amide bonds. The van der Waals surface area contributed by atoms with E-state index in [1.807, 2.05) is 29.8 Å². The Labute approximate surface area is 145 Å². The van der Waals surface area contributed by atoms with Crippen LogP contribution >= 0.6 is 0 Å². The van der Waals surface area contributed by atoms with Gasteiger partial charge in [0.2, 0.25) is 10.0 Å². The van der Waals surface area contributed by atoms with Gasteiger partial charge in [-0.15, -0.1) is 0 Å². The summed E-state index contributed by atoms with van der Waals surface area (Å²) in [6.07, 6.45) is 0.905. The summed E-state index contributed by atoms with van der Waals surface area (Å²) in [5.74, 6) is -1.51. The largest absolute Gasteiger partial charge is 0.348 e. The van der Waals surface area contributed by atoms with Crippen LogP contribution in [0.25, 0.3) is 0 Å². The van der Waals surface area contributed by atoms with Gasteiger partial charge in [-0.1, -0.05) is 17.7 Å². The number of carbonyl (C=O) groups excluding carboxylic acids is 1. The molecule has 0 bridgehead atoms. The van der Waals surface area contributed by atoms with E-state index in [0.29, 0.717) is 6.54 Å². The monoisotopic (exact) mass is 368 g/mol. The first-order valence-corrected chi connectivity index (χ1v) is 9.27. The van der Waals surface area contributed by atoms with Crippen LogP contribution in [0, 0.1) is 25.5 Å². The van der Waals surface area contributed by atoms with Crippen molar-refractivity contribution < 1.29 is 22.0 Å². The van der Waals surface area contributed by atoms with Gasteiger partial charge in [0.05, 0.1) is 11.9 Å². The molecule has 0 aliphatic carbocycles. The summed E-state index contributed by atoms with van der Waals surface area (Å²) in [4.78, 5) is 11.1. The summed E-state index contributed by atoms with van der Waals surface area (Å²) < 4.78 is 49.4. The van der Waals surface area contributed by atoms with Gasteiger partial charge in [-0.25, -0.2) is 17.2 Å². The lowest BCUT2D eigenvalue weighted by molar-refractivity contribution is 0.0965. The van der Waals surface area contributed by atoms with Crippen LogP contribution in [0.15, 0.2) is 30.3 Å². The van der Waals surface area contributed by atoms with Crippen molar-refractivity contribution in [1.82, 2.24) is 5.32 Å². The van der Waals surface area contributed by atoms with E-state index in [2.05, 4.69) is 5.32 Å². The van der Waals surface area contributed by atoms with Crippen molar-refractivity contribution in [3.63, 3.8) is 0 Å². The van der Waals surface area contributed by atoms with Crippen molar-refractivity contribution in [3.8, 4) is 0 Å². The molecule has 25 heavy (non-hydrogen) atoms. The fraction of sp³-hybridized carbons (Fsp3) is 0.235. The first-order chi connectivity index (χ1) is 11.6. The van der Waals surface area contributed by atoms with Crippen molar-refractivity contribution in [2.24, 2.45) is 0 Å². The molecule has 134 valence electrons. The molecule has 2 N–H and O–H groups in total. The van der Waals surface area contributed by atoms with Gasteiger partial charge in [-0.3, -0.25) is 9.52 Å². The zero-order chi connectivity index (χ0) is 18.8. The molecule has 0 saturated carbocycles. The minimum Gasteiger partial charge on any atom is -0.348 e. The highest BCUT2D eigenvalue weighted by atomic mass is 32.2. The Balaban J connectivity index is 0.000000185. The van der Waals surface area contributed by atoms with Gasteiger partial charge in [0.25, 0.3) is 5.91 Å². The average molecular weight is 368 g/mol. The number of nitrogens with one attached hydrogen (secondary N) is 2. The smallest absolute Gasteiger partial charge is 0.251 e. The van der Waals surface area contributed by atoms with E-state index in [1.54, 1.807) is 0 Å². The number of rotatable bonds is 2. The number of sulfonamides is 1. The molecule has 3 rings (SSSR count). The van der Waals surface area contributed by atoms with Crippen LogP contribution < -0.4 is 10.0 Å². The van der Waals surface area contributed by atoms with E-state index in [4.69, 9.17) is 0 Å². The van der Waals surface area contributed by atoms with Crippen LogP contribution in [-0.2, 0) is 16.6 Å². The number of amides is 1. The second-order valence-corrected chi connectivity index (χ2v) is 7.53. The molecule has 8 heteroatoms. The summed E-state index contributed by atoms with van der Waals surface area (Å²) in [5.41, 5.74) is 2.91. The molecule has 0 fully saturated rings. The number of carbonyl (C=O) groups is 1. The zero-order valence-electron chi connectivity index (χ0n) is 14.0. The summed E-state index contributed by atoms with van der Waals surface area (Å²) in [7, 11) is -3.51. The van der Waals surface area contributed by atoms with Crippen LogP contribution in [0.1, 0.15) is 27.0 Å². The molecule has 1 aliphatic heterocycles. The number of anilines is 1. The Kier molecular flexibility index (Phi) is 5.42. The second kappa shape index (κ2) is 7.18. The Hall–Kier alpha value is -2.48. The molecule has 0 saturated heterocycles. The van der Waals surface area contributed by atoms with Crippen LogP contribution in [0.5, 0.6) is 0 Å². The number of aryl methyl sites for hydroxylation is 1. The quantitative estimate of drug-likeness (QED) is 0.856. The maximum atomic E-state index is 12.9. The molecule has 1 aliphatic rings. The van der Waals surface area contributed by atoms with Crippen LogP contribution in [0.4, 0.5) is 14.5 Å². The van der Waals surface area contributed by atoms with Crippen molar-refractivity contribution in [3.05, 3.63) is 64.2 Å². The van der Waals surface area contributed by atoms with Crippen LogP contribution in [-0.4, -0.2) is 20.6 Å². The third kappa shape index (κ3) is 4.99. The highest BCUT2D eigenvalue weighted by molar-refractivity contribution is 7.92. The zero-order valence-corrected chi connectivity index (χ0v) is 14.8. The molecule has 5 nitrogen and oxygen atoms in total. The van der Waals surface area contributed by atoms with E-state index in [-0.39, 0.29) is 17.2 Å². The third-order valence-corrected chi connectivity index (χ3v) is 4.14. The lowest BCUT2D eigenvalue weighted by Gasteiger charge is -2.05. The summed E-state index contributed by atoms with van der Waals surface area (Å²) in [6, 6.07) is 7.75. The van der Waals surface area contributed by atoms with Crippen LogP contribution in [0.2, 0.25) is 0 Å². The van der Waals surface area contributed by atoms with Gasteiger partial charge in [0.1, 0.15) is 11.6 Å². The number of halogens is 2. The van der Waals surface area contributed by atoms with E-state index in [1.165, 1.54) is 12.5 Å². The van der Waals surface area contributed by atoms with Crippen molar-refractivity contribution in [1.29, 1.82) is 0 Å². The molecular formula is C17H18F2N2O3S. The first kappa shape index (κ1) is 18.9. The Morgan fingerprint density at radius 2 is 1.68 bits per heavy atom. The van der Waals surface area contributed by atoms with E-state index < -0.39 is 21.7 Å². The number of hydrogen-bond acceptors (Lipinski definition) is 3. The molecule has 1 heterocycles. The van der Waals surface area contributed by atoms with Crippen molar-refractivity contribution in [2.75, 3.05) is 11.0 Å². The molecule has 0 aromatic heterocycles. The topological polar surface area (TPSA) is 75.3 Å². The number of hydrogen-bond donors (Lipinski definition) is 2. The standard InChI is InChI=1S/C9H9NO.C8H9F2NO2S/c1-6-2-3-8-7(4-6)5-10-9(8)11;1-5-7(9)3-6(4-8(5)10)11-14(2,12)13/h2-4H,5H2,1H3,(H,10,11);3-4,11H,1-2H3. The number of benzene rings is 2. The fourth-order valence-corrected chi connectivity index (χ4v) is 2.83. The van der Waals surface area contributed by atoms with Gasteiger partial charge in [0.15, 0.2) is 0 Å². The third-order valence-electron chi connectivity index (χ3n) is 3.53. The van der Waals surface area contributed by atoms with Gasteiger partial charge >= 0.3 is 0 Å². The minimum atomic E-state index is -3.51. The van der Waals surface area contributed by atoms with Crippen molar-refractivity contribution in [2.45, 2.75) is 20.4 Å². The van der Waals surface area contributed by atoms with E-state index >= 15 is 0 Å². The lowest BCUT2D eigenvalue weighted by Crippen LogP contribution is -2.12. The van der Waals surface area contributed by atoms with E-state index in [0.717, 1.165) is 29.5 Å². The highest BCUT2D eigenvalue weighted by Crippen LogP contribution is 2.18.